The number of nitrogens with one attached hydrogen (secondary N) is 1. The van der Waals surface area contributed by atoms with Gasteiger partial charge in [0.2, 0.25) is 0 Å². The van der Waals surface area contributed by atoms with Gasteiger partial charge in [-0.15, -0.1) is 0 Å². The van der Waals surface area contributed by atoms with Crippen LogP contribution in [-0.2, 0) is 10.3 Å². The van der Waals surface area contributed by atoms with Gasteiger partial charge in [-0.1, -0.05) is 61.3 Å². The van der Waals surface area contributed by atoms with Gasteiger partial charge < -0.3 is 10.4 Å². The first-order chi connectivity index (χ1) is 12.2. The largest absolute Gasteiger partial charge is 0.481 e. The zero-order chi connectivity index (χ0) is 19.3. The van der Waals surface area contributed by atoms with Gasteiger partial charge >= 0.3 is 5.97 Å². The highest BCUT2D eigenvalue weighted by Crippen LogP contribution is 2.41. The van der Waals surface area contributed by atoms with Crippen molar-refractivity contribution in [3.63, 3.8) is 0 Å². The minimum atomic E-state index is -0.806. The fraction of sp³-hybridized carbons (Fsp3) is 0.381. The minimum Gasteiger partial charge on any atom is -0.481 e. The molecule has 0 aromatic heterocycles. The third kappa shape index (κ3) is 5.23. The molecule has 2 N–H and O–H groups in total. The predicted molar refractivity (Wildman–Crippen MR) is 108 cm³/mol. The van der Waals surface area contributed by atoms with Crippen molar-refractivity contribution in [3.05, 3.63) is 69.7 Å². The Morgan fingerprint density at radius 3 is 2.31 bits per heavy atom. The summed E-state index contributed by atoms with van der Waals surface area (Å²) in [6.45, 7) is 6.28. The lowest BCUT2D eigenvalue weighted by Crippen LogP contribution is -2.48. The van der Waals surface area contributed by atoms with E-state index in [0.717, 1.165) is 11.1 Å². The minimum absolute atomic E-state index is 0.0686. The van der Waals surface area contributed by atoms with Gasteiger partial charge in [0.1, 0.15) is 0 Å². The number of rotatable bonds is 8. The summed E-state index contributed by atoms with van der Waals surface area (Å²) in [4.78, 5) is 11.3. The molecule has 0 saturated carbocycles. The third-order valence-corrected chi connectivity index (χ3v) is 5.11. The van der Waals surface area contributed by atoms with E-state index >= 15 is 0 Å². The highest BCUT2D eigenvalue weighted by atomic mass is 35.5. The van der Waals surface area contributed by atoms with Crippen LogP contribution >= 0.6 is 23.2 Å². The van der Waals surface area contributed by atoms with E-state index < -0.39 is 11.5 Å². The summed E-state index contributed by atoms with van der Waals surface area (Å²) in [5, 5.41) is 14.2. The van der Waals surface area contributed by atoms with Crippen LogP contribution in [0.3, 0.4) is 0 Å². The summed E-state index contributed by atoms with van der Waals surface area (Å²) >= 11 is 12.3. The molecule has 2 atom stereocenters. The number of carboxylic acid groups (broad SMARTS) is 1. The van der Waals surface area contributed by atoms with Crippen LogP contribution in [0.4, 0.5) is 0 Å². The van der Waals surface area contributed by atoms with Crippen LogP contribution < -0.4 is 5.32 Å². The van der Waals surface area contributed by atoms with Crippen molar-refractivity contribution in [2.75, 3.05) is 0 Å². The molecule has 0 unspecified atom stereocenters. The number of halogens is 2. The Balaban J connectivity index is 2.56. The van der Waals surface area contributed by atoms with Gasteiger partial charge in [0.25, 0.3) is 0 Å². The molecule has 2 aromatic carbocycles. The molecule has 3 nitrogen and oxygen atoms in total. The summed E-state index contributed by atoms with van der Waals surface area (Å²) in [7, 11) is 0. The lowest BCUT2D eigenvalue weighted by molar-refractivity contribution is -0.137. The molecular formula is C21H25Cl2NO2. The van der Waals surface area contributed by atoms with E-state index in [1.54, 1.807) is 0 Å². The van der Waals surface area contributed by atoms with E-state index in [9.17, 15) is 9.90 Å². The molecule has 0 fully saturated rings. The van der Waals surface area contributed by atoms with Gasteiger partial charge in [-0.2, -0.15) is 0 Å². The second-order valence-corrected chi connectivity index (χ2v) is 7.92. The molecule has 0 aliphatic rings. The van der Waals surface area contributed by atoms with Gasteiger partial charge in [0.05, 0.1) is 0 Å². The summed E-state index contributed by atoms with van der Waals surface area (Å²) in [5.41, 5.74) is 1.61. The molecule has 5 heteroatoms. The SMILES string of the molecule is CC(C)N[C@](C)(c1ccc(Cl)cc1)[C@H](CCC(=O)O)c1cccc(Cl)c1. The molecule has 0 aliphatic heterocycles. The van der Waals surface area contributed by atoms with Crippen molar-refractivity contribution in [3.8, 4) is 0 Å². The maximum atomic E-state index is 11.3. The molecule has 0 amide bonds. The van der Waals surface area contributed by atoms with Gasteiger partial charge in [-0.25, -0.2) is 0 Å². The van der Waals surface area contributed by atoms with Crippen molar-refractivity contribution in [1.29, 1.82) is 0 Å². The fourth-order valence-corrected chi connectivity index (χ4v) is 3.89. The Morgan fingerprint density at radius 1 is 1.12 bits per heavy atom. The zero-order valence-corrected chi connectivity index (χ0v) is 16.8. The molecule has 140 valence electrons. The van der Waals surface area contributed by atoms with E-state index in [1.807, 2.05) is 48.5 Å². The Hall–Kier alpha value is -1.55. The Kier molecular flexibility index (Phi) is 7.10. The number of carboxylic acids is 1. The van der Waals surface area contributed by atoms with Crippen molar-refractivity contribution in [2.24, 2.45) is 0 Å². The van der Waals surface area contributed by atoms with Gasteiger partial charge in [0.15, 0.2) is 0 Å². The molecule has 2 aromatic rings. The smallest absolute Gasteiger partial charge is 0.303 e. The number of benzene rings is 2. The molecule has 0 radical (unpaired) electrons. The topological polar surface area (TPSA) is 49.3 Å². The van der Waals surface area contributed by atoms with Crippen LogP contribution in [0.15, 0.2) is 48.5 Å². The first-order valence-corrected chi connectivity index (χ1v) is 9.49. The predicted octanol–water partition coefficient (Wildman–Crippen LogP) is 5.86. The number of hydrogen-bond acceptors (Lipinski definition) is 2. The van der Waals surface area contributed by atoms with Crippen LogP contribution in [0.5, 0.6) is 0 Å². The fourth-order valence-electron chi connectivity index (χ4n) is 3.56. The Bertz CT molecular complexity index is 746. The lowest BCUT2D eigenvalue weighted by atomic mass is 9.73. The molecular weight excluding hydrogens is 369 g/mol. The van der Waals surface area contributed by atoms with Crippen molar-refractivity contribution in [1.82, 2.24) is 5.32 Å². The summed E-state index contributed by atoms with van der Waals surface area (Å²) < 4.78 is 0. The second kappa shape index (κ2) is 8.90. The normalized spacial score (nSPS) is 14.8. The van der Waals surface area contributed by atoms with E-state index in [0.29, 0.717) is 16.5 Å². The highest BCUT2D eigenvalue weighted by Gasteiger charge is 2.37. The monoisotopic (exact) mass is 393 g/mol. The van der Waals surface area contributed by atoms with E-state index in [-0.39, 0.29) is 18.4 Å². The van der Waals surface area contributed by atoms with Crippen LogP contribution in [-0.4, -0.2) is 17.1 Å². The molecule has 0 aliphatic carbocycles. The third-order valence-electron chi connectivity index (χ3n) is 4.63. The molecule has 0 saturated heterocycles. The molecule has 0 bridgehead atoms. The number of hydrogen-bond donors (Lipinski definition) is 2. The molecule has 26 heavy (non-hydrogen) atoms. The van der Waals surface area contributed by atoms with Crippen molar-refractivity contribution < 1.29 is 9.90 Å². The Labute approximate surface area is 165 Å². The van der Waals surface area contributed by atoms with Gasteiger partial charge in [-0.05, 0) is 48.7 Å². The van der Waals surface area contributed by atoms with Crippen LogP contribution in [0.2, 0.25) is 10.0 Å². The summed E-state index contributed by atoms with van der Waals surface area (Å²) in [5.74, 6) is -0.874. The number of aliphatic carboxylic acids is 1. The van der Waals surface area contributed by atoms with E-state index in [4.69, 9.17) is 23.2 Å². The highest BCUT2D eigenvalue weighted by molar-refractivity contribution is 6.30. The van der Waals surface area contributed by atoms with Gasteiger partial charge in [0, 0.05) is 34.0 Å². The number of carbonyl (C=O) groups is 1. The zero-order valence-electron chi connectivity index (χ0n) is 15.3. The maximum Gasteiger partial charge on any atom is 0.303 e. The molecule has 0 spiro atoms. The van der Waals surface area contributed by atoms with Crippen molar-refractivity contribution in [2.45, 2.75) is 51.1 Å². The first-order valence-electron chi connectivity index (χ1n) is 8.73. The molecule has 0 heterocycles. The lowest BCUT2D eigenvalue weighted by Gasteiger charge is -2.41. The van der Waals surface area contributed by atoms with Crippen molar-refractivity contribution >= 4 is 29.2 Å². The first kappa shape index (κ1) is 20.8. The Morgan fingerprint density at radius 2 is 1.77 bits per heavy atom. The van der Waals surface area contributed by atoms with Crippen LogP contribution in [0, 0.1) is 0 Å². The standard InChI is InChI=1S/C21H25Cl2NO2/c1-14(2)24-21(3,16-7-9-17(22)10-8-16)19(11-12-20(25)26)15-5-4-6-18(23)13-15/h4-10,13-14,19,24H,11-12H2,1-3H3,(H,25,26)/t19-,21-/m1/s1. The average Bonchev–Trinajstić information content (AvgIpc) is 2.54. The quantitative estimate of drug-likeness (QED) is 0.590. The van der Waals surface area contributed by atoms with E-state index in [2.05, 4.69) is 26.1 Å². The van der Waals surface area contributed by atoms with Crippen LogP contribution in [0.1, 0.15) is 50.7 Å². The van der Waals surface area contributed by atoms with E-state index in [1.165, 1.54) is 0 Å². The van der Waals surface area contributed by atoms with Gasteiger partial charge in [-0.3, -0.25) is 4.79 Å². The summed E-state index contributed by atoms with van der Waals surface area (Å²) in [6, 6.07) is 15.6. The second-order valence-electron chi connectivity index (χ2n) is 7.05. The van der Waals surface area contributed by atoms with Crippen LogP contribution in [0.25, 0.3) is 0 Å². The molecule has 2 rings (SSSR count). The maximum absolute atomic E-state index is 11.3. The summed E-state index contributed by atoms with van der Waals surface area (Å²) in [6.07, 6.45) is 0.578. The average molecular weight is 394 g/mol.